The second-order valence-electron chi connectivity index (χ2n) is 22.0. The normalized spacial score (nSPS) is 20.1. The highest BCUT2D eigenvalue weighted by molar-refractivity contribution is 6.01. The van der Waals surface area contributed by atoms with Crippen molar-refractivity contribution in [3.05, 3.63) is 96.6 Å². The number of aromatic nitrogens is 6. The zero-order chi connectivity index (χ0) is 54.6. The largest absolute Gasteiger partial charge is 0.444 e. The minimum atomic E-state index is -2.65. The number of pyridine rings is 2. The van der Waals surface area contributed by atoms with E-state index in [4.69, 9.17) is 10.5 Å². The molecule has 0 unspecified atom stereocenters. The lowest BCUT2D eigenvalue weighted by Crippen LogP contribution is -2.56. The lowest BCUT2D eigenvalue weighted by Gasteiger charge is -2.42. The van der Waals surface area contributed by atoms with Crippen LogP contribution in [0.4, 0.5) is 34.0 Å². The van der Waals surface area contributed by atoms with Gasteiger partial charge in [0.05, 0.1) is 0 Å². The Bertz CT molecular complexity index is 3050. The summed E-state index contributed by atoms with van der Waals surface area (Å²) in [7, 11) is 0. The minimum Gasteiger partial charge on any atom is -0.444 e. The number of amides is 3. The maximum absolute atomic E-state index is 13.6. The van der Waals surface area contributed by atoms with Crippen molar-refractivity contribution in [2.45, 2.75) is 129 Å². The van der Waals surface area contributed by atoms with Crippen molar-refractivity contribution in [3.63, 3.8) is 0 Å². The van der Waals surface area contributed by atoms with Crippen molar-refractivity contribution in [1.29, 1.82) is 0 Å². The molecule has 10 rings (SSSR count). The highest BCUT2D eigenvalue weighted by Crippen LogP contribution is 2.40. The third kappa shape index (κ3) is 12.9. The summed E-state index contributed by atoms with van der Waals surface area (Å²) >= 11 is 0. The highest BCUT2D eigenvalue weighted by Gasteiger charge is 2.42. The Morgan fingerprint density at radius 2 is 1.03 bits per heavy atom. The Balaban J connectivity index is 0.000000191. The number of fused-ring (bicyclic) bond motifs is 2. The summed E-state index contributed by atoms with van der Waals surface area (Å²) in [6, 6.07) is 19.4. The molecule has 2 saturated heterocycles. The van der Waals surface area contributed by atoms with Gasteiger partial charge in [0.15, 0.2) is 11.6 Å². The molecule has 2 aliphatic heterocycles. The van der Waals surface area contributed by atoms with E-state index in [1.54, 1.807) is 18.6 Å². The average Bonchev–Trinajstić information content (AvgIpc) is 3.43. The molecule has 0 spiro atoms. The zero-order valence-corrected chi connectivity index (χ0v) is 44.4. The van der Waals surface area contributed by atoms with E-state index in [0.717, 1.165) is 61.0 Å². The van der Waals surface area contributed by atoms with Crippen molar-refractivity contribution >= 4 is 51.1 Å². The molecule has 3 amide bonds. The molecule has 4 aliphatic rings. The Hall–Kier alpha value is -7.09. The number of hydrogen-bond acceptors (Lipinski definition) is 13. The first-order valence-electron chi connectivity index (χ1n) is 26.7. The molecular weight excluding hydrogens is 993 g/mol. The van der Waals surface area contributed by atoms with E-state index in [9.17, 15) is 31.9 Å². The van der Waals surface area contributed by atoms with Gasteiger partial charge in [-0.05, 0) is 83.6 Å². The molecule has 3 N–H and O–H groups in total. The fourth-order valence-corrected chi connectivity index (χ4v) is 10.9. The topological polar surface area (TPSA) is 189 Å². The summed E-state index contributed by atoms with van der Waals surface area (Å²) in [5.41, 5.74) is 10.5. The summed E-state index contributed by atoms with van der Waals surface area (Å²) in [4.78, 5) is 54.9. The summed E-state index contributed by atoms with van der Waals surface area (Å²) in [5, 5.41) is 24.8. The Morgan fingerprint density at radius 3 is 1.42 bits per heavy atom. The number of alkyl carbamates (subject to hydrolysis) is 1. The number of benzene rings is 2. The van der Waals surface area contributed by atoms with Crippen LogP contribution in [0.25, 0.3) is 44.1 Å². The number of halogens is 4. The number of anilines is 2. The van der Waals surface area contributed by atoms with Gasteiger partial charge in [0.2, 0.25) is 23.7 Å². The number of nitrogens with zero attached hydrogens (tertiary/aromatic N) is 10. The van der Waals surface area contributed by atoms with Gasteiger partial charge in [-0.15, -0.1) is 20.4 Å². The molecule has 6 heterocycles. The zero-order valence-electron chi connectivity index (χ0n) is 44.4. The standard InChI is InChI=1S/C31H38F2N6O3.C26H30F2N6O/c1-20-19-38(15-16-39(20)28(40)23-9-12-31(32,33)13-10-23)27-25-18-34-14-11-24(25)26(36-37-27)22-7-5-21(6-8-22)17-35-29(41)42-30(2,3)4;1-17-16-33(12-13-34(17)25(35)20-6-9-26(27,28)10-7-20)24-22-15-30-11-8-21(22)23(31-32-24)19-4-2-18(14-29)3-5-19/h5-8,11,14,18,20,23H,9-10,12-13,15-17,19H2,1-4H3,(H,35,41);2-5,8,11,15,17,20H,6-7,9-10,12-14,16,29H2,1H3/t20-;17-/m00/s1. The number of carbonyl (C=O) groups excluding carboxylic acids is 3. The van der Waals surface area contributed by atoms with E-state index >= 15 is 0 Å². The first-order chi connectivity index (χ1) is 36.8. The predicted molar refractivity (Wildman–Crippen MR) is 287 cm³/mol. The SMILES string of the molecule is C[C@H]1CN(c2nnc(-c3ccc(CN)cc3)c3ccncc23)CCN1C(=O)C1CCC(F)(F)CC1.C[C@H]1CN(c2nnc(-c3ccc(CNC(=O)OC(C)(C)C)cc3)c3ccncc23)CCN1C(=O)C1CCC(F)(F)CC1. The third-order valence-corrected chi connectivity index (χ3v) is 15.2. The molecule has 2 aromatic carbocycles. The molecular formula is C57H68F4N12O4. The number of rotatable bonds is 9. The minimum absolute atomic E-state index is 0.00142. The van der Waals surface area contributed by atoms with Crippen molar-refractivity contribution < 1.29 is 36.7 Å². The van der Waals surface area contributed by atoms with Gasteiger partial charge in [-0.25, -0.2) is 22.4 Å². The van der Waals surface area contributed by atoms with E-state index in [1.807, 2.05) is 111 Å². The first kappa shape index (κ1) is 54.7. The number of carbonyl (C=O) groups is 3. The van der Waals surface area contributed by atoms with E-state index in [-0.39, 0.29) is 87.1 Å². The smallest absolute Gasteiger partial charge is 0.407 e. The highest BCUT2D eigenvalue weighted by atomic mass is 19.3. The molecule has 2 aliphatic carbocycles. The summed E-state index contributed by atoms with van der Waals surface area (Å²) in [6.45, 7) is 13.6. The van der Waals surface area contributed by atoms with Crippen LogP contribution in [-0.4, -0.2) is 127 Å². The van der Waals surface area contributed by atoms with Gasteiger partial charge in [-0.3, -0.25) is 19.6 Å². The van der Waals surface area contributed by atoms with E-state index < -0.39 is 23.5 Å². The number of nitrogens with one attached hydrogen (secondary N) is 1. The van der Waals surface area contributed by atoms with Gasteiger partial charge in [-0.2, -0.15) is 0 Å². The van der Waals surface area contributed by atoms with Gasteiger partial charge in [0, 0.05) is 159 Å². The Kier molecular flexibility index (Phi) is 16.2. The molecule has 0 bridgehead atoms. The molecule has 4 fully saturated rings. The third-order valence-electron chi connectivity index (χ3n) is 15.2. The maximum Gasteiger partial charge on any atom is 0.407 e. The monoisotopic (exact) mass is 1060 g/mol. The number of hydrogen-bond donors (Lipinski definition) is 2. The molecule has 2 saturated carbocycles. The van der Waals surface area contributed by atoms with E-state index in [2.05, 4.69) is 45.5 Å². The second kappa shape index (κ2) is 22.9. The molecule has 77 heavy (non-hydrogen) atoms. The molecule has 408 valence electrons. The molecule has 0 radical (unpaired) electrons. The van der Waals surface area contributed by atoms with E-state index in [0.29, 0.717) is 58.2 Å². The van der Waals surface area contributed by atoms with Crippen LogP contribution in [0, 0.1) is 11.8 Å². The van der Waals surface area contributed by atoms with Crippen LogP contribution in [0.15, 0.2) is 85.5 Å². The van der Waals surface area contributed by atoms with Gasteiger partial charge in [0.25, 0.3) is 0 Å². The number of ether oxygens (including phenoxy) is 1. The van der Waals surface area contributed by atoms with Crippen LogP contribution in [-0.2, 0) is 27.4 Å². The van der Waals surface area contributed by atoms with Gasteiger partial charge >= 0.3 is 6.09 Å². The number of piperazine rings is 2. The van der Waals surface area contributed by atoms with Crippen LogP contribution in [0.2, 0.25) is 0 Å². The fourth-order valence-electron chi connectivity index (χ4n) is 10.9. The Morgan fingerprint density at radius 1 is 0.610 bits per heavy atom. The first-order valence-corrected chi connectivity index (χ1v) is 26.7. The summed E-state index contributed by atoms with van der Waals surface area (Å²) in [6.07, 6.45) is 6.76. The van der Waals surface area contributed by atoms with Crippen LogP contribution in [0.3, 0.4) is 0 Å². The van der Waals surface area contributed by atoms with Crippen molar-refractivity contribution in [3.8, 4) is 22.5 Å². The van der Waals surface area contributed by atoms with E-state index in [1.165, 1.54) is 0 Å². The Labute approximate surface area is 446 Å². The summed E-state index contributed by atoms with van der Waals surface area (Å²) in [5.74, 6) is -4.49. The van der Waals surface area contributed by atoms with Crippen LogP contribution < -0.4 is 20.9 Å². The van der Waals surface area contributed by atoms with Crippen molar-refractivity contribution in [1.82, 2.24) is 45.5 Å². The number of nitrogens with two attached hydrogens (primary N) is 1. The van der Waals surface area contributed by atoms with Gasteiger partial charge in [-0.1, -0.05) is 48.5 Å². The second-order valence-corrected chi connectivity index (χ2v) is 22.0. The molecule has 20 heteroatoms. The molecule has 4 aromatic heterocycles. The number of alkyl halides is 4. The van der Waals surface area contributed by atoms with Crippen LogP contribution in [0.5, 0.6) is 0 Å². The van der Waals surface area contributed by atoms with Gasteiger partial charge in [0.1, 0.15) is 17.0 Å². The average molecular weight is 1060 g/mol. The predicted octanol–water partition coefficient (Wildman–Crippen LogP) is 9.59. The van der Waals surface area contributed by atoms with Crippen molar-refractivity contribution in [2.24, 2.45) is 17.6 Å². The molecule has 16 nitrogen and oxygen atoms in total. The quantitative estimate of drug-likeness (QED) is 0.130. The fraction of sp³-hybridized carbons (Fsp3) is 0.491. The lowest BCUT2D eigenvalue weighted by molar-refractivity contribution is -0.143. The molecule has 6 aromatic rings. The maximum atomic E-state index is 13.6. The van der Waals surface area contributed by atoms with Gasteiger partial charge < -0.3 is 35.4 Å². The summed E-state index contributed by atoms with van der Waals surface area (Å²) < 4.78 is 59.6. The molecule has 2 atom stereocenters. The van der Waals surface area contributed by atoms with Crippen LogP contribution in [0.1, 0.15) is 97.1 Å². The lowest BCUT2D eigenvalue weighted by atomic mass is 9.85. The van der Waals surface area contributed by atoms with Crippen LogP contribution >= 0.6 is 0 Å². The van der Waals surface area contributed by atoms with Crippen molar-refractivity contribution in [2.75, 3.05) is 49.1 Å².